The Hall–Kier alpha value is -7.53. The Morgan fingerprint density at radius 2 is 1.22 bits per heavy atom. The summed E-state index contributed by atoms with van der Waals surface area (Å²) in [6.07, 6.45) is 6.61. The van der Waals surface area contributed by atoms with E-state index in [1.165, 1.54) is 17.3 Å². The summed E-state index contributed by atoms with van der Waals surface area (Å²) in [5, 5.41) is 48.6. The molecule has 6 aromatic carbocycles. The molecule has 2 atom stereocenters. The van der Waals surface area contributed by atoms with Gasteiger partial charge in [0.15, 0.2) is 22.4 Å². The molecule has 1 aromatic heterocycles. The summed E-state index contributed by atoms with van der Waals surface area (Å²) in [5.41, 5.74) is 7.32. The van der Waals surface area contributed by atoms with Crippen LogP contribution in [0.1, 0.15) is 108 Å². The first-order valence-corrected chi connectivity index (χ1v) is 29.0. The van der Waals surface area contributed by atoms with Gasteiger partial charge in [0.1, 0.15) is 12.5 Å². The van der Waals surface area contributed by atoms with Gasteiger partial charge < -0.3 is 34.6 Å². The van der Waals surface area contributed by atoms with Gasteiger partial charge in [0.25, 0.3) is 0 Å². The second-order valence-electron chi connectivity index (χ2n) is 18.8. The van der Waals surface area contributed by atoms with Gasteiger partial charge in [0.05, 0.1) is 12.1 Å². The zero-order chi connectivity index (χ0) is 56.1. The van der Waals surface area contributed by atoms with Crippen LogP contribution in [0.15, 0.2) is 181 Å². The number of anilines is 2. The third kappa shape index (κ3) is 16.1. The summed E-state index contributed by atoms with van der Waals surface area (Å²) in [5.74, 6) is -0.716. The minimum Gasteiger partial charge on any atom is -0.479 e. The first-order valence-electron chi connectivity index (χ1n) is 26.6. The predicted molar refractivity (Wildman–Crippen MR) is 320 cm³/mol. The molecule has 0 saturated carbocycles. The minimum atomic E-state index is -0.964. The van der Waals surface area contributed by atoms with Crippen LogP contribution in [0.3, 0.4) is 0 Å². The van der Waals surface area contributed by atoms with E-state index in [9.17, 15) is 29.7 Å². The average Bonchev–Trinajstić information content (AvgIpc) is 4.05. The van der Waals surface area contributed by atoms with Crippen LogP contribution >= 0.6 is 35.1 Å². The number of amidine groups is 1. The SMILES string of the molecule is C=CCN(c1ccccc1Cn1c(CCCC)nnc1SCc1ccccc1C(=O)O)C(C(=O)O)c1ccccc1.CCCCN1CN(Cc2ccccc2N(CC)C(C(=O)O)c2ccccc2)C(SCc2ccc(Cl)cc2)=N1. The lowest BCUT2D eigenvalue weighted by Gasteiger charge is -2.33. The van der Waals surface area contributed by atoms with Crippen molar-refractivity contribution in [2.24, 2.45) is 5.10 Å². The van der Waals surface area contributed by atoms with E-state index in [2.05, 4.69) is 51.2 Å². The Balaban J connectivity index is 0.000000229. The second kappa shape index (κ2) is 30.0. The second-order valence-corrected chi connectivity index (χ2v) is 21.2. The van der Waals surface area contributed by atoms with Crippen molar-refractivity contribution in [2.45, 2.75) is 94.7 Å². The quantitative estimate of drug-likeness (QED) is 0.0329. The van der Waals surface area contributed by atoms with Crippen LogP contribution in [-0.4, -0.2) is 89.4 Å². The molecule has 1 aliphatic rings. The number of aliphatic carboxylic acids is 2. The average molecular weight is 1120 g/mol. The molecule has 0 radical (unpaired) electrons. The van der Waals surface area contributed by atoms with Gasteiger partial charge in [0.2, 0.25) is 0 Å². The van der Waals surface area contributed by atoms with Crippen molar-refractivity contribution < 1.29 is 29.7 Å². The smallest absolute Gasteiger partial charge is 0.335 e. The molecule has 0 fully saturated rings. The van der Waals surface area contributed by atoms with E-state index < -0.39 is 30.0 Å². The Morgan fingerprint density at radius 3 is 1.80 bits per heavy atom. The van der Waals surface area contributed by atoms with Gasteiger partial charge >= 0.3 is 17.9 Å². The van der Waals surface area contributed by atoms with Gasteiger partial charge in [0, 0.05) is 60.5 Å². The number of aromatic nitrogens is 3. The number of carboxylic acid groups (broad SMARTS) is 3. The molecule has 412 valence electrons. The predicted octanol–water partition coefficient (Wildman–Crippen LogP) is 13.5. The van der Waals surface area contributed by atoms with Crippen molar-refractivity contribution in [1.29, 1.82) is 0 Å². The molecule has 3 N–H and O–H groups in total. The fourth-order valence-corrected chi connectivity index (χ4v) is 11.4. The Bertz CT molecular complexity index is 3130. The van der Waals surface area contributed by atoms with Crippen molar-refractivity contribution in [1.82, 2.24) is 24.7 Å². The van der Waals surface area contributed by atoms with Crippen molar-refractivity contribution >= 4 is 69.6 Å². The molecule has 1 aliphatic heterocycles. The highest BCUT2D eigenvalue weighted by atomic mass is 35.5. The maximum absolute atomic E-state index is 12.6. The van der Waals surface area contributed by atoms with Gasteiger partial charge in [-0.3, -0.25) is 5.01 Å². The number of benzene rings is 6. The molecule has 17 heteroatoms. The molecule has 7 aromatic rings. The van der Waals surface area contributed by atoms with Gasteiger partial charge in [-0.2, -0.15) is 5.10 Å². The number of halogens is 1. The topological polar surface area (TPSA) is 168 Å². The van der Waals surface area contributed by atoms with Crippen LogP contribution in [0.2, 0.25) is 5.02 Å². The molecule has 0 spiro atoms. The lowest BCUT2D eigenvalue weighted by molar-refractivity contribution is -0.139. The molecule has 2 unspecified atom stereocenters. The Kier molecular flexibility index (Phi) is 22.5. The monoisotopic (exact) mass is 1120 g/mol. The highest BCUT2D eigenvalue weighted by Crippen LogP contribution is 2.35. The fraction of sp³-hybridized carbons (Fsp3) is 0.290. The molecule has 14 nitrogen and oxygen atoms in total. The molecular formula is C62H69ClN8O6S2. The number of carbonyl (C=O) groups is 3. The number of hydrogen-bond donors (Lipinski definition) is 3. The highest BCUT2D eigenvalue weighted by Gasteiger charge is 2.31. The molecule has 2 heterocycles. The normalized spacial score (nSPS) is 12.7. The van der Waals surface area contributed by atoms with E-state index in [-0.39, 0.29) is 5.56 Å². The summed E-state index contributed by atoms with van der Waals surface area (Å²) in [7, 11) is 0. The van der Waals surface area contributed by atoms with Crippen LogP contribution in [0.4, 0.5) is 11.4 Å². The number of aromatic carboxylic acids is 1. The number of rotatable bonds is 27. The van der Waals surface area contributed by atoms with Gasteiger partial charge in [-0.15, -0.1) is 16.8 Å². The zero-order valence-electron chi connectivity index (χ0n) is 45.0. The summed E-state index contributed by atoms with van der Waals surface area (Å²) in [4.78, 5) is 42.9. The van der Waals surface area contributed by atoms with Crippen LogP contribution in [0.5, 0.6) is 0 Å². The van der Waals surface area contributed by atoms with E-state index >= 15 is 0 Å². The highest BCUT2D eigenvalue weighted by molar-refractivity contribution is 8.13. The summed E-state index contributed by atoms with van der Waals surface area (Å²) >= 11 is 9.23. The summed E-state index contributed by atoms with van der Waals surface area (Å²) < 4.78 is 2.06. The fourth-order valence-electron chi connectivity index (χ4n) is 9.38. The number of likely N-dealkylation sites (N-methyl/N-ethyl adjacent to an activating group) is 1. The van der Waals surface area contributed by atoms with Crippen LogP contribution in [0, 0.1) is 0 Å². The Labute approximate surface area is 477 Å². The van der Waals surface area contributed by atoms with Crippen molar-refractivity contribution in [2.75, 3.05) is 36.1 Å². The molecule has 8 rings (SSSR count). The zero-order valence-corrected chi connectivity index (χ0v) is 47.4. The van der Waals surface area contributed by atoms with Crippen LogP contribution in [0.25, 0.3) is 0 Å². The maximum atomic E-state index is 12.6. The van der Waals surface area contributed by atoms with Gasteiger partial charge in [-0.05, 0) is 83.5 Å². The van der Waals surface area contributed by atoms with Crippen LogP contribution < -0.4 is 9.80 Å². The third-order valence-electron chi connectivity index (χ3n) is 13.3. The standard InChI is InChI=1S/C32H34N4O4S.C30H35ClN4O2S/c1-3-5-19-28-33-34-32(41-22-25-16-9-11-17-26(25)30(37)38)36(28)21-24-15-10-12-18-27(24)35(20-4-2)29(31(39)40)23-13-7-6-8-14-23;1-3-5-19-34-22-33(30(32-34)38-21-23-15-17-26(31)18-16-23)20-25-13-9-10-14-27(25)35(4-2)28(29(36)37)24-11-7-6-8-12-24/h4,6-18,29H,2-3,5,19-22H2,1H3,(H,37,38)(H,39,40);6-18,28H,3-5,19-22H2,1-2H3,(H,36,37). The first-order chi connectivity index (χ1) is 38.4. The number of thioether (sulfide) groups is 2. The molecule has 0 bridgehead atoms. The van der Waals surface area contributed by atoms with Gasteiger partial charge in [-0.1, -0.05) is 195 Å². The lowest BCUT2D eigenvalue weighted by Crippen LogP contribution is -2.36. The van der Waals surface area contributed by atoms with Crippen molar-refractivity contribution in [3.8, 4) is 0 Å². The van der Waals surface area contributed by atoms with E-state index in [4.69, 9.17) is 16.7 Å². The Morgan fingerprint density at radius 1 is 0.658 bits per heavy atom. The number of unbranched alkanes of at least 4 members (excludes halogenated alkanes) is 2. The maximum Gasteiger partial charge on any atom is 0.335 e. The molecule has 79 heavy (non-hydrogen) atoms. The lowest BCUT2D eigenvalue weighted by atomic mass is 10.0. The van der Waals surface area contributed by atoms with Gasteiger partial charge in [-0.25, -0.2) is 14.4 Å². The van der Waals surface area contributed by atoms with Crippen LogP contribution in [-0.2, 0) is 40.6 Å². The van der Waals surface area contributed by atoms with E-state index in [1.807, 2.05) is 156 Å². The van der Waals surface area contributed by atoms with E-state index in [0.29, 0.717) is 54.9 Å². The first kappa shape index (κ1) is 59.1. The molecule has 0 saturated heterocycles. The van der Waals surface area contributed by atoms with E-state index in [1.54, 1.807) is 30.0 Å². The number of para-hydroxylation sites is 2. The number of hydrazone groups is 1. The van der Waals surface area contributed by atoms with Crippen molar-refractivity contribution in [3.05, 3.63) is 220 Å². The number of carboxylic acids is 3. The number of aryl methyl sites for hydroxylation is 1. The summed E-state index contributed by atoms with van der Waals surface area (Å²) in [6.45, 7) is 13.8. The molecule has 0 aliphatic carbocycles. The third-order valence-corrected chi connectivity index (χ3v) is 15.7. The minimum absolute atomic E-state index is 0.267. The van der Waals surface area contributed by atoms with E-state index in [0.717, 1.165) is 88.5 Å². The summed E-state index contributed by atoms with van der Waals surface area (Å²) in [6, 6.07) is 47.8. The number of nitrogens with zero attached hydrogens (tertiary/aromatic N) is 8. The largest absolute Gasteiger partial charge is 0.479 e. The molecular weight excluding hydrogens is 1050 g/mol. The van der Waals surface area contributed by atoms with Crippen molar-refractivity contribution in [3.63, 3.8) is 0 Å². The molecule has 0 amide bonds. The number of hydrogen-bond acceptors (Lipinski definition) is 12.